The number of carbonyl (C=O) groups is 1. The van der Waals surface area contributed by atoms with Crippen molar-refractivity contribution in [2.24, 2.45) is 0 Å². The van der Waals surface area contributed by atoms with Gasteiger partial charge in [-0.25, -0.2) is 4.68 Å². The van der Waals surface area contributed by atoms with Gasteiger partial charge in [-0.15, -0.1) is 0 Å². The highest BCUT2D eigenvalue weighted by Crippen LogP contribution is 2.29. The van der Waals surface area contributed by atoms with E-state index in [-0.39, 0.29) is 22.6 Å². The standard InChI is InChI=1S/C22H23N3O4S/c1-5-25-22(27)21(23-16-7-6-8-17(13-16)29-3)19(14(2)26)20(24-25)15-9-11-18(12-10-15)30(4)28/h6-13,23H,5H2,1-4H3. The van der Waals surface area contributed by atoms with Crippen LogP contribution >= 0.6 is 0 Å². The SMILES string of the molecule is CCn1nc(-c2ccc(S(C)=O)cc2)c(C(C)=O)c(Nc2cccc(OC)c2)c1=O. The largest absolute Gasteiger partial charge is 0.497 e. The van der Waals surface area contributed by atoms with Crippen LogP contribution in [0.1, 0.15) is 24.2 Å². The van der Waals surface area contributed by atoms with Crippen LogP contribution in [0, 0.1) is 0 Å². The minimum absolute atomic E-state index is 0.158. The number of nitrogens with one attached hydrogen (secondary N) is 1. The second-order valence-corrected chi connectivity index (χ2v) is 7.99. The number of methoxy groups -OCH3 is 1. The average Bonchev–Trinajstić information content (AvgIpc) is 2.74. The third-order valence-electron chi connectivity index (χ3n) is 4.61. The Bertz CT molecular complexity index is 1170. The molecule has 2 aromatic carbocycles. The van der Waals surface area contributed by atoms with E-state index in [1.54, 1.807) is 61.9 Å². The first-order valence-corrected chi connectivity index (χ1v) is 10.9. The minimum Gasteiger partial charge on any atom is -0.497 e. The van der Waals surface area contributed by atoms with Gasteiger partial charge in [0.05, 0.1) is 12.7 Å². The topological polar surface area (TPSA) is 90.3 Å². The molecule has 7 nitrogen and oxygen atoms in total. The Hall–Kier alpha value is -3.26. The highest BCUT2D eigenvalue weighted by Gasteiger charge is 2.22. The molecule has 1 atom stereocenters. The quantitative estimate of drug-likeness (QED) is 0.582. The van der Waals surface area contributed by atoms with Gasteiger partial charge >= 0.3 is 0 Å². The van der Waals surface area contributed by atoms with Gasteiger partial charge in [0, 0.05) is 45.8 Å². The van der Waals surface area contributed by atoms with Crippen LogP contribution in [0.25, 0.3) is 11.3 Å². The number of carbonyl (C=O) groups excluding carboxylic acids is 1. The second kappa shape index (κ2) is 9.04. The van der Waals surface area contributed by atoms with E-state index in [2.05, 4.69) is 10.4 Å². The molecular formula is C22H23N3O4S. The molecule has 8 heteroatoms. The maximum Gasteiger partial charge on any atom is 0.291 e. The minimum atomic E-state index is -1.12. The maximum absolute atomic E-state index is 13.0. The first-order chi connectivity index (χ1) is 14.3. The van der Waals surface area contributed by atoms with Crippen molar-refractivity contribution in [2.45, 2.75) is 25.3 Å². The monoisotopic (exact) mass is 425 g/mol. The lowest BCUT2D eigenvalue weighted by Crippen LogP contribution is -2.28. The Morgan fingerprint density at radius 1 is 1.20 bits per heavy atom. The van der Waals surface area contributed by atoms with Crippen molar-refractivity contribution < 1.29 is 13.7 Å². The lowest BCUT2D eigenvalue weighted by Gasteiger charge is -2.16. The summed E-state index contributed by atoms with van der Waals surface area (Å²) >= 11 is 0. The van der Waals surface area contributed by atoms with Crippen LogP contribution in [0.15, 0.2) is 58.2 Å². The molecule has 0 aliphatic rings. The number of hydrogen-bond donors (Lipinski definition) is 1. The van der Waals surface area contributed by atoms with E-state index in [1.165, 1.54) is 11.6 Å². The Morgan fingerprint density at radius 2 is 1.90 bits per heavy atom. The summed E-state index contributed by atoms with van der Waals surface area (Å²) in [5, 5.41) is 7.52. The van der Waals surface area contributed by atoms with Gasteiger partial charge in [0.25, 0.3) is 5.56 Å². The number of anilines is 2. The van der Waals surface area contributed by atoms with Gasteiger partial charge in [0.1, 0.15) is 17.1 Å². The number of Topliss-reactive ketones (excluding diaryl/α,β-unsaturated/α-hetero) is 1. The molecule has 1 heterocycles. The lowest BCUT2D eigenvalue weighted by molar-refractivity contribution is 0.101. The number of benzene rings is 2. The number of hydrogen-bond acceptors (Lipinski definition) is 6. The van der Waals surface area contributed by atoms with Crippen molar-refractivity contribution in [3.05, 3.63) is 64.4 Å². The van der Waals surface area contributed by atoms with E-state index in [0.717, 1.165) is 0 Å². The molecule has 156 valence electrons. The summed E-state index contributed by atoms with van der Waals surface area (Å²) in [6, 6.07) is 14.1. The van der Waals surface area contributed by atoms with Crippen LogP contribution in [0.3, 0.4) is 0 Å². The van der Waals surface area contributed by atoms with Crippen molar-refractivity contribution in [2.75, 3.05) is 18.7 Å². The van der Waals surface area contributed by atoms with Crippen molar-refractivity contribution in [3.8, 4) is 17.0 Å². The number of ether oxygens (including phenoxy) is 1. The summed E-state index contributed by atoms with van der Waals surface area (Å²) < 4.78 is 18.3. The van der Waals surface area contributed by atoms with E-state index in [4.69, 9.17) is 4.74 Å². The smallest absolute Gasteiger partial charge is 0.291 e. The van der Waals surface area contributed by atoms with Crippen LogP contribution < -0.4 is 15.6 Å². The predicted molar refractivity (Wildman–Crippen MR) is 118 cm³/mol. The molecule has 0 bridgehead atoms. The molecule has 0 amide bonds. The zero-order valence-electron chi connectivity index (χ0n) is 17.3. The number of nitrogens with zero attached hydrogens (tertiary/aromatic N) is 2. The fourth-order valence-corrected chi connectivity index (χ4v) is 3.61. The zero-order valence-corrected chi connectivity index (χ0v) is 18.1. The van der Waals surface area contributed by atoms with Crippen molar-refractivity contribution >= 4 is 28.0 Å². The molecule has 0 aliphatic carbocycles. The van der Waals surface area contributed by atoms with Crippen LogP contribution in [-0.2, 0) is 17.3 Å². The molecule has 1 unspecified atom stereocenters. The summed E-state index contributed by atoms with van der Waals surface area (Å²) in [6.07, 6.45) is 1.60. The second-order valence-electron chi connectivity index (χ2n) is 6.61. The zero-order chi connectivity index (χ0) is 21.8. The van der Waals surface area contributed by atoms with Crippen molar-refractivity contribution in [3.63, 3.8) is 0 Å². The molecule has 1 N–H and O–H groups in total. The van der Waals surface area contributed by atoms with Crippen LogP contribution in [0.4, 0.5) is 11.4 Å². The maximum atomic E-state index is 13.0. The third kappa shape index (κ3) is 4.33. The number of aryl methyl sites for hydroxylation is 1. The van der Waals surface area contributed by atoms with Gasteiger partial charge in [0.15, 0.2) is 5.78 Å². The molecule has 1 aromatic heterocycles. The Morgan fingerprint density at radius 3 is 2.47 bits per heavy atom. The summed E-state index contributed by atoms with van der Waals surface area (Å²) in [5.41, 5.74) is 1.64. The Labute approximate surface area is 177 Å². The fourth-order valence-electron chi connectivity index (χ4n) is 3.10. The lowest BCUT2D eigenvalue weighted by atomic mass is 10.0. The Balaban J connectivity index is 2.22. The van der Waals surface area contributed by atoms with Crippen LogP contribution in [-0.4, -0.2) is 33.1 Å². The summed E-state index contributed by atoms with van der Waals surface area (Å²) in [6.45, 7) is 3.56. The molecule has 0 saturated heterocycles. The molecule has 0 radical (unpaired) electrons. The van der Waals surface area contributed by atoms with E-state index in [0.29, 0.717) is 34.1 Å². The van der Waals surface area contributed by atoms with Gasteiger partial charge in [0.2, 0.25) is 0 Å². The van der Waals surface area contributed by atoms with E-state index < -0.39 is 10.8 Å². The van der Waals surface area contributed by atoms with Gasteiger partial charge in [-0.3, -0.25) is 13.8 Å². The summed E-state index contributed by atoms with van der Waals surface area (Å²) in [5.74, 6) is 0.337. The van der Waals surface area contributed by atoms with Crippen LogP contribution in [0.2, 0.25) is 0 Å². The number of ketones is 1. The molecule has 0 spiro atoms. The molecule has 30 heavy (non-hydrogen) atoms. The highest BCUT2D eigenvalue weighted by molar-refractivity contribution is 7.84. The van der Waals surface area contributed by atoms with Crippen molar-refractivity contribution in [1.82, 2.24) is 9.78 Å². The molecule has 0 saturated carbocycles. The Kier molecular flexibility index (Phi) is 6.47. The average molecular weight is 426 g/mol. The van der Waals surface area contributed by atoms with Crippen molar-refractivity contribution in [1.29, 1.82) is 0 Å². The summed E-state index contributed by atoms with van der Waals surface area (Å²) in [4.78, 5) is 26.3. The van der Waals surface area contributed by atoms with Gasteiger partial charge < -0.3 is 10.1 Å². The first-order valence-electron chi connectivity index (χ1n) is 9.36. The first kappa shape index (κ1) is 21.4. The molecule has 3 rings (SSSR count). The molecule has 0 aliphatic heterocycles. The normalized spacial score (nSPS) is 11.7. The third-order valence-corrected chi connectivity index (χ3v) is 5.54. The predicted octanol–water partition coefficient (Wildman–Crippen LogP) is 3.62. The van der Waals surface area contributed by atoms with Crippen LogP contribution in [0.5, 0.6) is 5.75 Å². The van der Waals surface area contributed by atoms with E-state index in [9.17, 15) is 13.8 Å². The molecule has 3 aromatic rings. The molecule has 0 fully saturated rings. The van der Waals surface area contributed by atoms with Gasteiger partial charge in [-0.2, -0.15) is 5.10 Å². The molecular weight excluding hydrogens is 402 g/mol. The fraction of sp³-hybridized carbons (Fsp3) is 0.227. The van der Waals surface area contributed by atoms with Gasteiger partial charge in [-0.05, 0) is 38.1 Å². The number of aromatic nitrogens is 2. The van der Waals surface area contributed by atoms with Gasteiger partial charge in [-0.1, -0.05) is 18.2 Å². The number of rotatable bonds is 7. The highest BCUT2D eigenvalue weighted by atomic mass is 32.2. The summed E-state index contributed by atoms with van der Waals surface area (Å²) in [7, 11) is 0.439. The van der Waals surface area contributed by atoms with E-state index >= 15 is 0 Å². The van der Waals surface area contributed by atoms with E-state index in [1.807, 2.05) is 6.92 Å².